The molecule has 2 aromatic rings. The van der Waals surface area contributed by atoms with Crippen molar-refractivity contribution < 1.29 is 14.7 Å². The molecule has 0 aromatic carbocycles. The molecule has 0 saturated heterocycles. The van der Waals surface area contributed by atoms with Crippen molar-refractivity contribution in [2.75, 3.05) is 0 Å². The zero-order valence-corrected chi connectivity index (χ0v) is 12.2. The molecule has 110 valence electrons. The lowest BCUT2D eigenvalue weighted by Crippen LogP contribution is -2.54. The normalized spacial score (nSPS) is 17.2. The van der Waals surface area contributed by atoms with Crippen molar-refractivity contribution in [1.82, 2.24) is 15.5 Å². The molecule has 3 N–H and O–H groups in total. The summed E-state index contributed by atoms with van der Waals surface area (Å²) < 4.78 is 0. The van der Waals surface area contributed by atoms with Gasteiger partial charge < -0.3 is 10.4 Å². The van der Waals surface area contributed by atoms with Gasteiger partial charge in [-0.3, -0.25) is 9.89 Å². The number of carbonyl (C=O) groups is 2. The van der Waals surface area contributed by atoms with E-state index in [1.807, 2.05) is 17.5 Å². The molecule has 0 aliphatic heterocycles. The van der Waals surface area contributed by atoms with Crippen LogP contribution in [0.5, 0.6) is 0 Å². The Morgan fingerprint density at radius 1 is 1.52 bits per heavy atom. The smallest absolute Gasteiger partial charge is 0.329 e. The van der Waals surface area contributed by atoms with Crippen LogP contribution >= 0.6 is 11.3 Å². The molecule has 2 aromatic heterocycles. The standard InChI is InChI=1S/C14H15N3O3S/c1-14(13(19)20,8-4-5-8)15-12(18)10-7-9(16-17-10)11-3-2-6-21-11/h2-3,6-8H,4-5H2,1H3,(H,15,18)(H,16,17)(H,19,20). The second kappa shape index (κ2) is 5.00. The molecule has 21 heavy (non-hydrogen) atoms. The summed E-state index contributed by atoms with van der Waals surface area (Å²) in [5.41, 5.74) is -0.274. The molecule has 0 spiro atoms. The Bertz CT molecular complexity index is 675. The maximum absolute atomic E-state index is 12.2. The summed E-state index contributed by atoms with van der Waals surface area (Å²) in [7, 11) is 0. The molecule has 1 atom stereocenters. The number of H-pyrrole nitrogens is 1. The highest BCUT2D eigenvalue weighted by Gasteiger charge is 2.48. The van der Waals surface area contributed by atoms with E-state index < -0.39 is 17.4 Å². The number of aromatic amines is 1. The van der Waals surface area contributed by atoms with Crippen molar-refractivity contribution in [3.63, 3.8) is 0 Å². The van der Waals surface area contributed by atoms with Gasteiger partial charge in [0.1, 0.15) is 5.54 Å². The average molecular weight is 305 g/mol. The second-order valence-electron chi connectivity index (χ2n) is 5.38. The van der Waals surface area contributed by atoms with Crippen LogP contribution in [0.4, 0.5) is 0 Å². The summed E-state index contributed by atoms with van der Waals surface area (Å²) in [6.07, 6.45) is 1.65. The summed E-state index contributed by atoms with van der Waals surface area (Å²) in [6.45, 7) is 1.55. The topological polar surface area (TPSA) is 95.1 Å². The van der Waals surface area contributed by atoms with Gasteiger partial charge in [-0.15, -0.1) is 11.3 Å². The molecule has 1 aliphatic carbocycles. The number of aliphatic carboxylic acids is 1. The number of aromatic nitrogens is 2. The quantitative estimate of drug-likeness (QED) is 0.788. The SMILES string of the molecule is CC(NC(=O)c1cc(-c2cccs2)[nH]n1)(C(=O)O)C1CC1. The van der Waals surface area contributed by atoms with E-state index in [4.69, 9.17) is 0 Å². The van der Waals surface area contributed by atoms with Gasteiger partial charge in [0.2, 0.25) is 0 Å². The largest absolute Gasteiger partial charge is 0.480 e. The third-order valence-electron chi connectivity index (χ3n) is 3.81. The molecule has 1 aliphatic rings. The number of carbonyl (C=O) groups excluding carboxylic acids is 1. The van der Waals surface area contributed by atoms with Crippen molar-refractivity contribution in [3.8, 4) is 10.6 Å². The zero-order valence-electron chi connectivity index (χ0n) is 11.4. The van der Waals surface area contributed by atoms with Gasteiger partial charge in [-0.2, -0.15) is 5.10 Å². The van der Waals surface area contributed by atoms with Crippen LogP contribution in [0.3, 0.4) is 0 Å². The van der Waals surface area contributed by atoms with E-state index in [1.165, 1.54) is 11.3 Å². The fraction of sp³-hybridized carbons (Fsp3) is 0.357. The molecular formula is C14H15N3O3S. The first kappa shape index (κ1) is 13.8. The number of nitrogens with one attached hydrogen (secondary N) is 2. The first-order chi connectivity index (χ1) is 10.0. The number of hydrogen-bond acceptors (Lipinski definition) is 4. The van der Waals surface area contributed by atoms with Crippen LogP contribution in [0.1, 0.15) is 30.3 Å². The average Bonchev–Trinajstić information content (AvgIpc) is 2.97. The van der Waals surface area contributed by atoms with Crippen LogP contribution in [0.25, 0.3) is 10.6 Å². The Kier molecular flexibility index (Phi) is 3.29. The van der Waals surface area contributed by atoms with E-state index in [0.717, 1.165) is 23.4 Å². The van der Waals surface area contributed by atoms with E-state index in [0.29, 0.717) is 0 Å². The Labute approximate surface area is 125 Å². The molecule has 1 fully saturated rings. The number of carboxylic acid groups (broad SMARTS) is 1. The van der Waals surface area contributed by atoms with Crippen molar-refractivity contribution >= 4 is 23.2 Å². The molecule has 6 nitrogen and oxygen atoms in total. The van der Waals surface area contributed by atoms with Crippen LogP contribution in [-0.2, 0) is 4.79 Å². The van der Waals surface area contributed by atoms with Crippen molar-refractivity contribution in [1.29, 1.82) is 0 Å². The molecule has 7 heteroatoms. The van der Waals surface area contributed by atoms with Gasteiger partial charge in [-0.25, -0.2) is 4.79 Å². The third kappa shape index (κ3) is 2.56. The molecule has 0 bridgehead atoms. The molecule has 1 unspecified atom stereocenters. The predicted molar refractivity (Wildman–Crippen MR) is 78.1 cm³/mol. The van der Waals surface area contributed by atoms with Gasteiger partial charge in [0.15, 0.2) is 5.69 Å². The van der Waals surface area contributed by atoms with Crippen LogP contribution < -0.4 is 5.32 Å². The second-order valence-corrected chi connectivity index (χ2v) is 6.33. The number of nitrogens with zero attached hydrogens (tertiary/aromatic N) is 1. The summed E-state index contributed by atoms with van der Waals surface area (Å²) in [6, 6.07) is 5.47. The van der Waals surface area contributed by atoms with Crippen molar-refractivity contribution in [2.45, 2.75) is 25.3 Å². The predicted octanol–water partition coefficient (Wildman–Crippen LogP) is 2.12. The van der Waals surface area contributed by atoms with E-state index in [2.05, 4.69) is 15.5 Å². The Morgan fingerprint density at radius 3 is 2.86 bits per heavy atom. The third-order valence-corrected chi connectivity index (χ3v) is 4.71. The maximum atomic E-state index is 12.2. The van der Waals surface area contributed by atoms with Gasteiger partial charge in [0.05, 0.1) is 10.6 Å². The first-order valence-corrected chi connectivity index (χ1v) is 7.54. The monoisotopic (exact) mass is 305 g/mol. The summed E-state index contributed by atoms with van der Waals surface area (Å²) in [5, 5.41) is 20.7. The highest BCUT2D eigenvalue weighted by molar-refractivity contribution is 7.13. The minimum absolute atomic E-state index is 0.00495. The minimum atomic E-state index is -1.22. The Morgan fingerprint density at radius 2 is 2.29 bits per heavy atom. The highest BCUT2D eigenvalue weighted by atomic mass is 32.1. The fourth-order valence-corrected chi connectivity index (χ4v) is 2.98. The van der Waals surface area contributed by atoms with Crippen LogP contribution in [-0.4, -0.2) is 32.7 Å². The summed E-state index contributed by atoms with van der Waals surface area (Å²) in [4.78, 5) is 24.6. The number of carboxylic acids is 1. The zero-order chi connectivity index (χ0) is 15.0. The Balaban J connectivity index is 1.78. The van der Waals surface area contributed by atoms with E-state index in [-0.39, 0.29) is 11.6 Å². The van der Waals surface area contributed by atoms with Gasteiger partial charge in [-0.1, -0.05) is 6.07 Å². The van der Waals surface area contributed by atoms with Crippen LogP contribution in [0.2, 0.25) is 0 Å². The number of rotatable bonds is 5. The molecule has 1 saturated carbocycles. The van der Waals surface area contributed by atoms with Crippen molar-refractivity contribution in [3.05, 3.63) is 29.3 Å². The number of amides is 1. The van der Waals surface area contributed by atoms with E-state index in [1.54, 1.807) is 13.0 Å². The van der Waals surface area contributed by atoms with E-state index in [9.17, 15) is 14.7 Å². The van der Waals surface area contributed by atoms with Gasteiger partial charge in [0.25, 0.3) is 5.91 Å². The number of thiophene rings is 1. The lowest BCUT2D eigenvalue weighted by molar-refractivity contribution is -0.144. The van der Waals surface area contributed by atoms with Crippen molar-refractivity contribution in [2.24, 2.45) is 5.92 Å². The van der Waals surface area contributed by atoms with E-state index >= 15 is 0 Å². The molecule has 3 rings (SSSR count). The minimum Gasteiger partial charge on any atom is -0.480 e. The van der Waals surface area contributed by atoms with Crippen LogP contribution in [0, 0.1) is 5.92 Å². The lowest BCUT2D eigenvalue weighted by atomic mass is 9.96. The highest BCUT2D eigenvalue weighted by Crippen LogP contribution is 2.39. The lowest BCUT2D eigenvalue weighted by Gasteiger charge is -2.25. The molecule has 0 radical (unpaired) electrons. The van der Waals surface area contributed by atoms with Gasteiger partial charge in [-0.05, 0) is 43.2 Å². The maximum Gasteiger partial charge on any atom is 0.329 e. The first-order valence-electron chi connectivity index (χ1n) is 6.66. The molecule has 1 amide bonds. The van der Waals surface area contributed by atoms with Crippen LogP contribution in [0.15, 0.2) is 23.6 Å². The molecular weight excluding hydrogens is 290 g/mol. The summed E-state index contributed by atoms with van der Waals surface area (Å²) >= 11 is 1.54. The molecule has 2 heterocycles. The fourth-order valence-electron chi connectivity index (χ4n) is 2.29. The van der Waals surface area contributed by atoms with Gasteiger partial charge >= 0.3 is 5.97 Å². The van der Waals surface area contributed by atoms with Gasteiger partial charge in [0, 0.05) is 0 Å². The Hall–Kier alpha value is -2.15. The summed E-state index contributed by atoms with van der Waals surface area (Å²) in [5.74, 6) is -1.48. The number of hydrogen-bond donors (Lipinski definition) is 3.